The Hall–Kier alpha value is -1.85. The molecule has 1 saturated heterocycles. The maximum atomic E-state index is 14.7. The van der Waals surface area contributed by atoms with Crippen LogP contribution in [0.2, 0.25) is 0 Å². The van der Waals surface area contributed by atoms with Crippen LogP contribution in [-0.2, 0) is 0 Å². The van der Waals surface area contributed by atoms with Crippen LogP contribution in [0.15, 0.2) is 47.4 Å². The van der Waals surface area contributed by atoms with E-state index in [0.717, 1.165) is 25.3 Å². The number of likely N-dealkylation sites (tertiary alicyclic amines) is 1. The van der Waals surface area contributed by atoms with Crippen LogP contribution in [0.3, 0.4) is 0 Å². The number of hydrogen-bond donors (Lipinski definition) is 0. The average Bonchev–Trinajstić information content (AvgIpc) is 3.16. The van der Waals surface area contributed by atoms with Crippen LogP contribution < -0.4 is 4.74 Å². The average molecular weight is 371 g/mol. The number of rotatable bonds is 5. The lowest BCUT2D eigenvalue weighted by Crippen LogP contribution is -2.24. The Bertz CT molecular complexity index is 796. The molecule has 0 bridgehead atoms. The van der Waals surface area contributed by atoms with E-state index in [1.165, 1.54) is 17.3 Å². The molecule has 1 atom stereocenters. The van der Waals surface area contributed by atoms with Gasteiger partial charge in [-0.25, -0.2) is 4.39 Å². The van der Waals surface area contributed by atoms with Gasteiger partial charge in [-0.2, -0.15) is 0 Å². The molecule has 0 radical (unpaired) electrons. The number of benzene rings is 2. The Kier molecular flexibility index (Phi) is 5.27. The number of nitrogens with zero attached hydrogens (tertiary/aromatic N) is 1. The smallest absolute Gasteiger partial charge is 0.167 e. The van der Waals surface area contributed by atoms with Crippen molar-refractivity contribution < 1.29 is 13.9 Å². The molecule has 0 spiro atoms. The highest BCUT2D eigenvalue weighted by Crippen LogP contribution is 2.37. The summed E-state index contributed by atoms with van der Waals surface area (Å²) in [7, 11) is 0. The number of Topliss-reactive ketones (excluding diaryl/α,β-unsaturated/α-hetero) is 1. The third kappa shape index (κ3) is 3.64. The molecule has 1 unspecified atom stereocenters. The third-order valence-electron chi connectivity index (χ3n) is 5.15. The number of ether oxygens (including phenoxy) is 1. The summed E-state index contributed by atoms with van der Waals surface area (Å²) in [5, 5.41) is 0. The van der Waals surface area contributed by atoms with E-state index in [-0.39, 0.29) is 11.3 Å². The maximum absolute atomic E-state index is 14.7. The van der Waals surface area contributed by atoms with Gasteiger partial charge in [0.25, 0.3) is 0 Å². The lowest BCUT2D eigenvalue weighted by molar-refractivity contribution is 0.0964. The van der Waals surface area contributed by atoms with Crippen molar-refractivity contribution in [2.45, 2.75) is 23.7 Å². The number of thioether (sulfide) groups is 1. The van der Waals surface area contributed by atoms with Crippen molar-refractivity contribution in [3.05, 3.63) is 59.4 Å². The summed E-state index contributed by atoms with van der Waals surface area (Å²) in [6.07, 6.45) is 1.46. The largest absolute Gasteiger partial charge is 0.491 e. The zero-order chi connectivity index (χ0) is 17.9. The summed E-state index contributed by atoms with van der Waals surface area (Å²) >= 11 is 1.43. The van der Waals surface area contributed by atoms with Crippen molar-refractivity contribution in [3.8, 4) is 5.75 Å². The van der Waals surface area contributed by atoms with Crippen molar-refractivity contribution in [1.82, 2.24) is 4.90 Å². The van der Waals surface area contributed by atoms with Crippen molar-refractivity contribution in [2.75, 3.05) is 32.0 Å². The minimum absolute atomic E-state index is 0.125. The molecule has 0 aliphatic carbocycles. The molecular formula is C21H22FNO2S. The number of carbonyl (C=O) groups excluding carboxylic acids is 1. The quantitative estimate of drug-likeness (QED) is 0.730. The molecule has 0 aromatic heterocycles. The third-order valence-corrected chi connectivity index (χ3v) is 6.19. The highest BCUT2D eigenvalue weighted by atomic mass is 32.2. The molecule has 136 valence electrons. The lowest BCUT2D eigenvalue weighted by atomic mass is 9.99. The Morgan fingerprint density at radius 3 is 2.92 bits per heavy atom. The number of fused-ring (bicyclic) bond motifs is 1. The van der Waals surface area contributed by atoms with E-state index < -0.39 is 5.82 Å². The first-order chi connectivity index (χ1) is 12.7. The zero-order valence-corrected chi connectivity index (χ0v) is 15.4. The molecule has 0 saturated carbocycles. The molecule has 2 aromatic rings. The maximum Gasteiger partial charge on any atom is 0.167 e. The van der Waals surface area contributed by atoms with Crippen LogP contribution in [0, 0.1) is 5.82 Å². The molecular weight excluding hydrogens is 349 g/mol. The predicted octanol–water partition coefficient (Wildman–Crippen LogP) is 4.37. The SMILES string of the molecule is O=C(CCN1CCC(c2ccccc2)C1)c1ccc2c(c1F)SCCO2. The first-order valence-electron chi connectivity index (χ1n) is 9.11. The highest BCUT2D eigenvalue weighted by molar-refractivity contribution is 7.99. The van der Waals surface area contributed by atoms with Gasteiger partial charge in [0, 0.05) is 25.3 Å². The summed E-state index contributed by atoms with van der Waals surface area (Å²) in [5.74, 6) is 1.26. The van der Waals surface area contributed by atoms with Gasteiger partial charge >= 0.3 is 0 Å². The first-order valence-corrected chi connectivity index (χ1v) is 10.1. The Labute approximate surface area is 157 Å². The topological polar surface area (TPSA) is 29.5 Å². The van der Waals surface area contributed by atoms with Crippen molar-refractivity contribution in [1.29, 1.82) is 0 Å². The highest BCUT2D eigenvalue weighted by Gasteiger charge is 2.25. The summed E-state index contributed by atoms with van der Waals surface area (Å²) in [5.41, 5.74) is 1.56. The van der Waals surface area contributed by atoms with Crippen LogP contribution in [0.5, 0.6) is 5.75 Å². The fraction of sp³-hybridized carbons (Fsp3) is 0.381. The molecule has 2 heterocycles. The van der Waals surface area contributed by atoms with E-state index in [1.54, 1.807) is 12.1 Å². The van der Waals surface area contributed by atoms with Crippen LogP contribution in [-0.4, -0.2) is 42.7 Å². The van der Waals surface area contributed by atoms with Gasteiger partial charge in [-0.05, 0) is 36.6 Å². The summed E-state index contributed by atoms with van der Waals surface area (Å²) in [4.78, 5) is 15.3. The van der Waals surface area contributed by atoms with Crippen LogP contribution in [0.25, 0.3) is 0 Å². The second-order valence-corrected chi connectivity index (χ2v) is 7.93. The molecule has 1 fully saturated rings. The van der Waals surface area contributed by atoms with Crippen LogP contribution in [0.4, 0.5) is 4.39 Å². The first kappa shape index (κ1) is 17.6. The van der Waals surface area contributed by atoms with Crippen LogP contribution >= 0.6 is 11.8 Å². The van der Waals surface area contributed by atoms with Gasteiger partial charge < -0.3 is 9.64 Å². The Balaban J connectivity index is 1.36. The molecule has 2 aliphatic heterocycles. The number of halogens is 1. The van der Waals surface area contributed by atoms with E-state index in [4.69, 9.17) is 4.74 Å². The van der Waals surface area contributed by atoms with Gasteiger partial charge in [0.2, 0.25) is 0 Å². The van der Waals surface area contributed by atoms with Crippen molar-refractivity contribution in [2.24, 2.45) is 0 Å². The summed E-state index contributed by atoms with van der Waals surface area (Å²) in [6, 6.07) is 13.8. The molecule has 26 heavy (non-hydrogen) atoms. The van der Waals surface area contributed by atoms with E-state index >= 15 is 0 Å². The van der Waals surface area contributed by atoms with E-state index in [0.29, 0.717) is 36.1 Å². The second-order valence-electron chi connectivity index (χ2n) is 6.82. The second kappa shape index (κ2) is 7.80. The van der Waals surface area contributed by atoms with Gasteiger partial charge in [0.05, 0.1) is 17.1 Å². The number of carbonyl (C=O) groups is 1. The normalized spacial score (nSPS) is 19.8. The van der Waals surface area contributed by atoms with Gasteiger partial charge in [0.15, 0.2) is 11.6 Å². The van der Waals surface area contributed by atoms with Gasteiger partial charge in [0.1, 0.15) is 5.75 Å². The zero-order valence-electron chi connectivity index (χ0n) is 14.6. The molecule has 2 aliphatic rings. The Morgan fingerprint density at radius 2 is 2.08 bits per heavy atom. The van der Waals surface area contributed by atoms with Crippen molar-refractivity contribution >= 4 is 17.5 Å². The molecule has 5 heteroatoms. The van der Waals surface area contributed by atoms with Crippen LogP contribution in [0.1, 0.15) is 34.7 Å². The van der Waals surface area contributed by atoms with Gasteiger partial charge in [-0.3, -0.25) is 4.79 Å². The fourth-order valence-corrected chi connectivity index (χ4v) is 4.60. The number of ketones is 1. The van der Waals surface area contributed by atoms with E-state index in [2.05, 4.69) is 29.2 Å². The minimum Gasteiger partial charge on any atom is -0.491 e. The van der Waals surface area contributed by atoms with E-state index in [1.807, 2.05) is 6.07 Å². The lowest BCUT2D eigenvalue weighted by Gasteiger charge is -2.19. The predicted molar refractivity (Wildman–Crippen MR) is 102 cm³/mol. The molecule has 2 aromatic carbocycles. The fourth-order valence-electron chi connectivity index (χ4n) is 3.72. The van der Waals surface area contributed by atoms with E-state index in [9.17, 15) is 9.18 Å². The summed E-state index contributed by atoms with van der Waals surface area (Å²) in [6.45, 7) is 3.22. The molecule has 0 N–H and O–H groups in total. The minimum atomic E-state index is -0.416. The Morgan fingerprint density at radius 1 is 1.23 bits per heavy atom. The van der Waals surface area contributed by atoms with Crippen molar-refractivity contribution in [3.63, 3.8) is 0 Å². The molecule has 3 nitrogen and oxygen atoms in total. The van der Waals surface area contributed by atoms with Gasteiger partial charge in [-0.1, -0.05) is 30.3 Å². The standard InChI is InChI=1S/C21H22FNO2S/c22-20-17(6-7-19-21(20)26-13-12-25-19)18(24)9-11-23-10-8-16(14-23)15-4-2-1-3-5-15/h1-7,16H,8-14H2. The molecule has 0 amide bonds. The summed E-state index contributed by atoms with van der Waals surface area (Å²) < 4.78 is 20.1. The van der Waals surface area contributed by atoms with Gasteiger partial charge in [-0.15, -0.1) is 11.8 Å². The number of hydrogen-bond acceptors (Lipinski definition) is 4. The monoisotopic (exact) mass is 371 g/mol. The molecule has 4 rings (SSSR count).